The van der Waals surface area contributed by atoms with Crippen LogP contribution >= 0.6 is 11.3 Å². The van der Waals surface area contributed by atoms with Gasteiger partial charge in [-0.1, -0.05) is 0 Å². The molecule has 0 spiro atoms. The number of nitro benzene ring substituents is 2. The number of amides is 1. The molecule has 0 saturated carbocycles. The number of carbonyl (C=O) groups is 1. The molecule has 0 aliphatic carbocycles. The summed E-state index contributed by atoms with van der Waals surface area (Å²) in [6, 6.07) is 8.40. The first-order valence-corrected chi connectivity index (χ1v) is 9.07. The van der Waals surface area contributed by atoms with Crippen LogP contribution in [-0.4, -0.2) is 36.2 Å². The second kappa shape index (κ2) is 8.53. The third kappa shape index (κ3) is 4.17. The van der Waals surface area contributed by atoms with Crippen LogP contribution in [0, 0.1) is 20.2 Å². The van der Waals surface area contributed by atoms with E-state index in [0.29, 0.717) is 15.0 Å². The summed E-state index contributed by atoms with van der Waals surface area (Å²) in [7, 11) is 2.68. The number of methoxy groups -OCH3 is 2. The highest BCUT2D eigenvalue weighted by atomic mass is 32.1. The molecule has 0 bridgehead atoms. The predicted octanol–water partition coefficient (Wildman–Crippen LogP) is 3.50. The zero-order valence-corrected chi connectivity index (χ0v) is 16.5. The fourth-order valence-electron chi connectivity index (χ4n) is 2.62. The Morgan fingerprint density at radius 1 is 1.07 bits per heavy atom. The second-order valence-corrected chi connectivity index (χ2v) is 6.90. The molecular formula is C18H14N4O7S. The fourth-order valence-corrected chi connectivity index (χ4v) is 3.55. The van der Waals surface area contributed by atoms with E-state index < -0.39 is 15.8 Å². The first-order chi connectivity index (χ1) is 14.3. The standard InChI is InChI=1S/C18H14N4O7S/c1-28-14-8-15(29-2)13(22(26)27)6-11(14)9-19-20-18(23)17-7-10-5-12(21(24)25)3-4-16(10)30-17/h3-9H,1-2H3,(H,20,23). The Labute approximate surface area is 172 Å². The van der Waals surface area contributed by atoms with Crippen molar-refractivity contribution in [2.24, 2.45) is 5.10 Å². The number of benzene rings is 2. The second-order valence-electron chi connectivity index (χ2n) is 5.81. The lowest BCUT2D eigenvalue weighted by molar-refractivity contribution is -0.385. The first kappa shape index (κ1) is 20.7. The Bertz CT molecular complexity index is 1190. The van der Waals surface area contributed by atoms with Crippen molar-refractivity contribution in [3.05, 3.63) is 67.1 Å². The van der Waals surface area contributed by atoms with Gasteiger partial charge in [-0.2, -0.15) is 5.10 Å². The quantitative estimate of drug-likeness (QED) is 0.343. The highest BCUT2D eigenvalue weighted by Gasteiger charge is 2.19. The molecular weight excluding hydrogens is 416 g/mol. The summed E-state index contributed by atoms with van der Waals surface area (Å²) in [5, 5.41) is 26.4. The monoisotopic (exact) mass is 430 g/mol. The van der Waals surface area contributed by atoms with Crippen molar-refractivity contribution in [3.8, 4) is 11.5 Å². The Balaban J connectivity index is 1.82. The number of nitrogens with zero attached hydrogens (tertiary/aromatic N) is 3. The van der Waals surface area contributed by atoms with Crippen LogP contribution in [-0.2, 0) is 0 Å². The van der Waals surface area contributed by atoms with E-state index in [4.69, 9.17) is 9.47 Å². The van der Waals surface area contributed by atoms with E-state index in [2.05, 4.69) is 10.5 Å². The normalized spacial score (nSPS) is 10.9. The average molecular weight is 430 g/mol. The molecule has 154 valence electrons. The molecule has 1 heterocycles. The molecule has 0 fully saturated rings. The number of hydrogen-bond donors (Lipinski definition) is 1. The van der Waals surface area contributed by atoms with Gasteiger partial charge in [-0.05, 0) is 12.1 Å². The summed E-state index contributed by atoms with van der Waals surface area (Å²) >= 11 is 1.15. The molecule has 3 rings (SSSR count). The third-order valence-corrected chi connectivity index (χ3v) is 5.15. The molecule has 0 saturated heterocycles. The van der Waals surface area contributed by atoms with Crippen LogP contribution in [0.3, 0.4) is 0 Å². The fraction of sp³-hybridized carbons (Fsp3) is 0.111. The number of nitro groups is 2. The lowest BCUT2D eigenvalue weighted by Crippen LogP contribution is -2.16. The number of hydrogen-bond acceptors (Lipinski definition) is 9. The Morgan fingerprint density at radius 3 is 2.43 bits per heavy atom. The van der Waals surface area contributed by atoms with Gasteiger partial charge in [0, 0.05) is 39.9 Å². The van der Waals surface area contributed by atoms with Gasteiger partial charge in [0.1, 0.15) is 5.75 Å². The number of thiophene rings is 1. The minimum Gasteiger partial charge on any atom is -0.496 e. The van der Waals surface area contributed by atoms with Gasteiger partial charge in [0.2, 0.25) is 5.75 Å². The summed E-state index contributed by atoms with van der Waals surface area (Å²) in [4.78, 5) is 33.6. The molecule has 2 aromatic carbocycles. The molecule has 0 radical (unpaired) electrons. The van der Waals surface area contributed by atoms with Gasteiger partial charge in [-0.15, -0.1) is 11.3 Å². The van der Waals surface area contributed by atoms with Crippen molar-refractivity contribution < 1.29 is 24.1 Å². The van der Waals surface area contributed by atoms with E-state index >= 15 is 0 Å². The van der Waals surface area contributed by atoms with Gasteiger partial charge < -0.3 is 9.47 Å². The van der Waals surface area contributed by atoms with Gasteiger partial charge >= 0.3 is 5.69 Å². The van der Waals surface area contributed by atoms with Gasteiger partial charge in [-0.25, -0.2) is 5.43 Å². The molecule has 0 atom stereocenters. The average Bonchev–Trinajstić information content (AvgIpc) is 3.16. The van der Waals surface area contributed by atoms with Gasteiger partial charge in [-0.3, -0.25) is 25.0 Å². The van der Waals surface area contributed by atoms with Crippen molar-refractivity contribution in [1.29, 1.82) is 0 Å². The van der Waals surface area contributed by atoms with E-state index in [9.17, 15) is 25.0 Å². The van der Waals surface area contributed by atoms with Crippen molar-refractivity contribution in [3.63, 3.8) is 0 Å². The highest BCUT2D eigenvalue weighted by molar-refractivity contribution is 7.20. The third-order valence-electron chi connectivity index (χ3n) is 4.03. The zero-order valence-electron chi connectivity index (χ0n) is 15.6. The smallest absolute Gasteiger partial charge is 0.311 e. The highest BCUT2D eigenvalue weighted by Crippen LogP contribution is 2.33. The summed E-state index contributed by atoms with van der Waals surface area (Å²) < 4.78 is 10.9. The lowest BCUT2D eigenvalue weighted by Gasteiger charge is -2.08. The molecule has 1 amide bonds. The maximum Gasteiger partial charge on any atom is 0.311 e. The molecule has 11 nitrogen and oxygen atoms in total. The molecule has 1 N–H and O–H groups in total. The molecule has 0 unspecified atom stereocenters. The number of nitrogens with one attached hydrogen (secondary N) is 1. The molecule has 12 heteroatoms. The molecule has 30 heavy (non-hydrogen) atoms. The number of non-ortho nitro benzene ring substituents is 1. The van der Waals surface area contributed by atoms with E-state index in [1.165, 1.54) is 50.8 Å². The van der Waals surface area contributed by atoms with Crippen LogP contribution in [0.2, 0.25) is 0 Å². The largest absolute Gasteiger partial charge is 0.496 e. The zero-order chi connectivity index (χ0) is 21.8. The van der Waals surface area contributed by atoms with Crippen molar-refractivity contribution in [2.45, 2.75) is 0 Å². The number of hydrazone groups is 1. The number of ether oxygens (including phenoxy) is 2. The summed E-state index contributed by atoms with van der Waals surface area (Å²) in [6.07, 6.45) is 1.21. The number of fused-ring (bicyclic) bond motifs is 1. The van der Waals surface area contributed by atoms with Crippen LogP contribution in [0.4, 0.5) is 11.4 Å². The topological polar surface area (TPSA) is 146 Å². The van der Waals surface area contributed by atoms with Gasteiger partial charge in [0.15, 0.2) is 0 Å². The van der Waals surface area contributed by atoms with Crippen LogP contribution < -0.4 is 14.9 Å². The number of rotatable bonds is 7. The predicted molar refractivity (Wildman–Crippen MR) is 110 cm³/mol. The maximum absolute atomic E-state index is 12.3. The van der Waals surface area contributed by atoms with Crippen molar-refractivity contribution >= 4 is 44.9 Å². The van der Waals surface area contributed by atoms with E-state index in [-0.39, 0.29) is 28.4 Å². The minimum atomic E-state index is -0.607. The maximum atomic E-state index is 12.3. The number of carbonyl (C=O) groups excluding carboxylic acids is 1. The van der Waals surface area contributed by atoms with Gasteiger partial charge in [0.25, 0.3) is 11.6 Å². The molecule has 1 aromatic heterocycles. The SMILES string of the molecule is COc1cc(OC)c([N+](=O)[O-])cc1C=NNC(=O)c1cc2cc([N+](=O)[O-])ccc2s1. The Kier molecular flexibility index (Phi) is 5.88. The minimum absolute atomic E-state index is 0.0254. The van der Waals surface area contributed by atoms with Crippen LogP contribution in [0.15, 0.2) is 41.5 Å². The summed E-state index contributed by atoms with van der Waals surface area (Å²) in [5.41, 5.74) is 2.23. The van der Waals surface area contributed by atoms with Crippen molar-refractivity contribution in [2.75, 3.05) is 14.2 Å². The Hall–Kier alpha value is -4.06. The van der Waals surface area contributed by atoms with E-state index in [1.54, 1.807) is 6.07 Å². The van der Waals surface area contributed by atoms with Crippen LogP contribution in [0.1, 0.15) is 15.2 Å². The summed E-state index contributed by atoms with van der Waals surface area (Å²) in [5.74, 6) is -0.237. The summed E-state index contributed by atoms with van der Waals surface area (Å²) in [6.45, 7) is 0. The Morgan fingerprint density at radius 2 is 1.80 bits per heavy atom. The lowest BCUT2D eigenvalue weighted by atomic mass is 10.1. The van der Waals surface area contributed by atoms with Gasteiger partial charge in [0.05, 0.1) is 35.2 Å². The molecule has 0 aliphatic rings. The van der Waals surface area contributed by atoms with Crippen LogP contribution in [0.5, 0.6) is 11.5 Å². The molecule has 3 aromatic rings. The first-order valence-electron chi connectivity index (χ1n) is 8.26. The van der Waals surface area contributed by atoms with E-state index in [0.717, 1.165) is 11.3 Å². The molecule has 0 aliphatic heterocycles. The van der Waals surface area contributed by atoms with E-state index in [1.807, 2.05) is 0 Å². The van der Waals surface area contributed by atoms with Crippen LogP contribution in [0.25, 0.3) is 10.1 Å². The van der Waals surface area contributed by atoms with Crippen molar-refractivity contribution in [1.82, 2.24) is 5.43 Å².